The molecule has 0 spiro atoms. The normalized spacial score (nSPS) is 9.93. The number of aromatic nitrogens is 2. The largest absolute Gasteiger partial charge is 0.397 e. The van der Waals surface area contributed by atoms with E-state index in [9.17, 15) is 4.39 Å². The molecule has 0 unspecified atom stereocenters. The van der Waals surface area contributed by atoms with Crippen LogP contribution in [0.25, 0.3) is 0 Å². The van der Waals surface area contributed by atoms with Crippen LogP contribution in [0.15, 0.2) is 36.7 Å². The molecular formula is C10H9FN4. The van der Waals surface area contributed by atoms with Gasteiger partial charge in [0.1, 0.15) is 17.5 Å². The molecule has 0 saturated heterocycles. The highest BCUT2D eigenvalue weighted by Crippen LogP contribution is 2.12. The number of nitrogen functional groups attached to an aromatic ring is 1. The van der Waals surface area contributed by atoms with Crippen molar-refractivity contribution in [2.75, 3.05) is 11.1 Å². The van der Waals surface area contributed by atoms with E-state index in [2.05, 4.69) is 15.3 Å². The molecular weight excluding hydrogens is 195 g/mol. The van der Waals surface area contributed by atoms with Crippen LogP contribution in [0.3, 0.4) is 0 Å². The second-order valence-electron chi connectivity index (χ2n) is 2.96. The molecule has 0 bridgehead atoms. The van der Waals surface area contributed by atoms with E-state index < -0.39 is 0 Å². The zero-order chi connectivity index (χ0) is 10.7. The number of rotatable bonds is 2. The SMILES string of the molecule is Nc1ccc(Nc2ccc(F)cn2)nc1. The van der Waals surface area contributed by atoms with Gasteiger partial charge >= 0.3 is 0 Å². The van der Waals surface area contributed by atoms with Gasteiger partial charge in [-0.15, -0.1) is 0 Å². The molecule has 0 radical (unpaired) electrons. The fourth-order valence-corrected chi connectivity index (χ4v) is 1.06. The summed E-state index contributed by atoms with van der Waals surface area (Å²) in [6.07, 6.45) is 2.67. The first-order chi connectivity index (χ1) is 7.24. The van der Waals surface area contributed by atoms with E-state index in [1.807, 2.05) is 0 Å². The minimum absolute atomic E-state index is 0.370. The zero-order valence-electron chi connectivity index (χ0n) is 7.81. The Morgan fingerprint density at radius 2 is 1.67 bits per heavy atom. The van der Waals surface area contributed by atoms with Crippen molar-refractivity contribution >= 4 is 17.3 Å². The molecule has 2 aromatic rings. The van der Waals surface area contributed by atoms with Crippen LogP contribution in [0.1, 0.15) is 0 Å². The number of nitrogens with zero attached hydrogens (tertiary/aromatic N) is 2. The van der Waals surface area contributed by atoms with E-state index in [1.54, 1.807) is 12.1 Å². The van der Waals surface area contributed by atoms with E-state index in [1.165, 1.54) is 18.3 Å². The Balaban J connectivity index is 2.15. The number of hydrogen-bond acceptors (Lipinski definition) is 4. The molecule has 0 aliphatic carbocycles. The fraction of sp³-hybridized carbons (Fsp3) is 0. The summed E-state index contributed by atoms with van der Waals surface area (Å²) in [6, 6.07) is 6.30. The number of anilines is 3. The molecule has 2 rings (SSSR count). The Hall–Kier alpha value is -2.17. The van der Waals surface area contributed by atoms with Gasteiger partial charge in [-0.2, -0.15) is 0 Å². The van der Waals surface area contributed by atoms with Crippen LogP contribution in [-0.4, -0.2) is 9.97 Å². The molecule has 2 heterocycles. The fourth-order valence-electron chi connectivity index (χ4n) is 1.06. The number of nitrogens with one attached hydrogen (secondary N) is 1. The number of pyridine rings is 2. The molecule has 15 heavy (non-hydrogen) atoms. The lowest BCUT2D eigenvalue weighted by atomic mass is 10.4. The molecule has 4 nitrogen and oxygen atoms in total. The van der Waals surface area contributed by atoms with Crippen LogP contribution < -0.4 is 11.1 Å². The van der Waals surface area contributed by atoms with Crippen LogP contribution in [0, 0.1) is 5.82 Å². The molecule has 0 aliphatic heterocycles. The maximum absolute atomic E-state index is 12.6. The molecule has 0 amide bonds. The van der Waals surface area contributed by atoms with Gasteiger partial charge in [-0.25, -0.2) is 14.4 Å². The molecule has 0 saturated carbocycles. The minimum Gasteiger partial charge on any atom is -0.397 e. The van der Waals surface area contributed by atoms with Gasteiger partial charge in [0.05, 0.1) is 18.1 Å². The average Bonchev–Trinajstić information content (AvgIpc) is 2.25. The van der Waals surface area contributed by atoms with Crippen molar-refractivity contribution in [2.24, 2.45) is 0 Å². The maximum atomic E-state index is 12.6. The predicted octanol–water partition coefficient (Wildman–Crippen LogP) is 1.94. The average molecular weight is 204 g/mol. The number of hydrogen-bond donors (Lipinski definition) is 2. The van der Waals surface area contributed by atoms with E-state index >= 15 is 0 Å². The van der Waals surface area contributed by atoms with E-state index in [4.69, 9.17) is 5.73 Å². The highest BCUT2D eigenvalue weighted by Gasteiger charge is 1.97. The smallest absolute Gasteiger partial charge is 0.141 e. The molecule has 0 atom stereocenters. The number of nitrogens with two attached hydrogens (primary N) is 1. The standard InChI is InChI=1S/C10H9FN4/c11-7-1-3-9(13-5-7)15-10-4-2-8(12)6-14-10/h1-6H,12H2,(H,13,14,15). The van der Waals surface area contributed by atoms with Crippen molar-refractivity contribution in [1.29, 1.82) is 0 Å². The molecule has 3 N–H and O–H groups in total. The van der Waals surface area contributed by atoms with Gasteiger partial charge in [-0.3, -0.25) is 0 Å². The summed E-state index contributed by atoms with van der Waals surface area (Å²) in [6.45, 7) is 0. The van der Waals surface area contributed by atoms with Crippen LogP contribution in [0.2, 0.25) is 0 Å². The summed E-state index contributed by atoms with van der Waals surface area (Å²) in [5.41, 5.74) is 6.07. The van der Waals surface area contributed by atoms with E-state index in [-0.39, 0.29) is 5.82 Å². The zero-order valence-corrected chi connectivity index (χ0v) is 7.81. The Labute approximate surface area is 86.0 Å². The van der Waals surface area contributed by atoms with E-state index in [0.29, 0.717) is 17.3 Å². The lowest BCUT2D eigenvalue weighted by Gasteiger charge is -2.03. The third kappa shape index (κ3) is 2.40. The van der Waals surface area contributed by atoms with Crippen LogP contribution in [0.5, 0.6) is 0 Å². The first-order valence-corrected chi connectivity index (χ1v) is 4.34. The quantitative estimate of drug-likeness (QED) is 0.784. The summed E-state index contributed by atoms with van der Waals surface area (Å²) in [4.78, 5) is 7.86. The summed E-state index contributed by atoms with van der Waals surface area (Å²) in [7, 11) is 0. The molecule has 0 aliphatic rings. The minimum atomic E-state index is -0.370. The summed E-state index contributed by atoms with van der Waals surface area (Å²) in [5.74, 6) is 0.780. The monoisotopic (exact) mass is 204 g/mol. The number of halogens is 1. The van der Waals surface area contributed by atoms with Crippen LogP contribution in [-0.2, 0) is 0 Å². The highest BCUT2D eigenvalue weighted by atomic mass is 19.1. The van der Waals surface area contributed by atoms with Gasteiger partial charge in [0.2, 0.25) is 0 Å². The first kappa shape index (κ1) is 9.39. The van der Waals surface area contributed by atoms with Crippen LogP contribution in [0.4, 0.5) is 21.7 Å². The molecule has 76 valence electrons. The van der Waals surface area contributed by atoms with Crippen molar-refractivity contribution in [3.05, 3.63) is 42.5 Å². The molecule has 0 aromatic carbocycles. The summed E-state index contributed by atoms with van der Waals surface area (Å²) >= 11 is 0. The lowest BCUT2D eigenvalue weighted by molar-refractivity contribution is 0.622. The van der Waals surface area contributed by atoms with Gasteiger partial charge in [0.25, 0.3) is 0 Å². The molecule has 5 heteroatoms. The third-order valence-electron chi connectivity index (χ3n) is 1.77. The Kier molecular flexibility index (Phi) is 2.45. The second-order valence-corrected chi connectivity index (χ2v) is 2.96. The highest BCUT2D eigenvalue weighted by molar-refractivity contribution is 5.53. The second kappa shape index (κ2) is 3.91. The Morgan fingerprint density at radius 1 is 1.00 bits per heavy atom. The van der Waals surface area contributed by atoms with Crippen molar-refractivity contribution in [2.45, 2.75) is 0 Å². The van der Waals surface area contributed by atoms with Crippen LogP contribution >= 0.6 is 0 Å². The lowest BCUT2D eigenvalue weighted by Crippen LogP contribution is -1.96. The van der Waals surface area contributed by atoms with Crippen molar-refractivity contribution in [3.63, 3.8) is 0 Å². The van der Waals surface area contributed by atoms with Gasteiger partial charge in [-0.1, -0.05) is 0 Å². The van der Waals surface area contributed by atoms with Crippen molar-refractivity contribution < 1.29 is 4.39 Å². The maximum Gasteiger partial charge on any atom is 0.141 e. The molecule has 2 aromatic heterocycles. The van der Waals surface area contributed by atoms with Gasteiger partial charge in [0, 0.05) is 0 Å². The van der Waals surface area contributed by atoms with Gasteiger partial charge < -0.3 is 11.1 Å². The Morgan fingerprint density at radius 3 is 2.20 bits per heavy atom. The third-order valence-corrected chi connectivity index (χ3v) is 1.77. The van der Waals surface area contributed by atoms with Crippen molar-refractivity contribution in [3.8, 4) is 0 Å². The predicted molar refractivity (Wildman–Crippen MR) is 56.1 cm³/mol. The van der Waals surface area contributed by atoms with Gasteiger partial charge in [0.15, 0.2) is 0 Å². The van der Waals surface area contributed by atoms with E-state index in [0.717, 1.165) is 6.20 Å². The summed E-state index contributed by atoms with van der Waals surface area (Å²) < 4.78 is 12.6. The summed E-state index contributed by atoms with van der Waals surface area (Å²) in [5, 5.41) is 2.91. The first-order valence-electron chi connectivity index (χ1n) is 4.34. The molecule has 0 fully saturated rings. The van der Waals surface area contributed by atoms with Gasteiger partial charge in [-0.05, 0) is 24.3 Å². The van der Waals surface area contributed by atoms with Crippen molar-refractivity contribution in [1.82, 2.24) is 9.97 Å². The topological polar surface area (TPSA) is 63.8 Å². The Bertz CT molecular complexity index is 394.